The minimum absolute atomic E-state index is 0.0557. The monoisotopic (exact) mass is 682 g/mol. The number of pyridine rings is 1. The molecule has 3 aliphatic rings. The molecule has 6 rings (SSSR count). The lowest BCUT2D eigenvalue weighted by atomic mass is 9.90. The van der Waals surface area contributed by atoms with E-state index in [1.165, 1.54) is 16.5 Å². The fourth-order valence-corrected chi connectivity index (χ4v) is 7.39. The Morgan fingerprint density at radius 2 is 1.86 bits per heavy atom. The van der Waals surface area contributed by atoms with Crippen molar-refractivity contribution >= 4 is 23.3 Å². The van der Waals surface area contributed by atoms with E-state index >= 15 is 0 Å². The number of ether oxygens (including phenoxy) is 2. The van der Waals surface area contributed by atoms with Gasteiger partial charge in [0.25, 0.3) is 0 Å². The Hall–Kier alpha value is -3.81. The summed E-state index contributed by atoms with van der Waals surface area (Å²) >= 11 is 0. The van der Waals surface area contributed by atoms with Crippen molar-refractivity contribution in [3.63, 3.8) is 0 Å². The Kier molecular flexibility index (Phi) is 8.37. The van der Waals surface area contributed by atoms with Crippen molar-refractivity contribution < 1.29 is 27.6 Å². The number of aromatic nitrogens is 3. The molecule has 0 aliphatic carbocycles. The van der Waals surface area contributed by atoms with E-state index in [-0.39, 0.29) is 55.3 Å². The fraction of sp³-hybridized carbons (Fsp3) is 0.611. The van der Waals surface area contributed by atoms with Crippen LogP contribution in [0.25, 0.3) is 5.65 Å². The standard InChI is InChI=1S/C36H50FN7O5/c1-23-17-41(28(18-40-13-14-48-21-24(40)2)19-42(23)34(47)49-35(3,4)5)20-30(45)43-22-36(6,7)31-29(43)16-26(15-25-9-11-27(37)12-10-25)32-38-39(8)33(46)44(31)32/h9-12,16,23-24,28H,13-15,17-22H2,1-8H3/t23-,24-,28+/m1/s1/i8D3. The van der Waals surface area contributed by atoms with Crippen molar-refractivity contribution in [1.29, 1.82) is 0 Å². The highest BCUT2D eigenvalue weighted by molar-refractivity contribution is 5.98. The Balaban J connectivity index is 1.36. The molecule has 2 amide bonds. The summed E-state index contributed by atoms with van der Waals surface area (Å²) in [6, 6.07) is 7.49. The van der Waals surface area contributed by atoms with Crippen molar-refractivity contribution in [2.24, 2.45) is 6.98 Å². The highest BCUT2D eigenvalue weighted by atomic mass is 19.1. The molecule has 0 N–H and O–H groups in total. The zero-order valence-electron chi connectivity index (χ0n) is 32.5. The number of carbonyl (C=O) groups excluding carboxylic acids is 2. The number of nitrogens with zero attached hydrogens (tertiary/aromatic N) is 7. The molecule has 0 bridgehead atoms. The first kappa shape index (κ1) is 31.2. The topological polar surface area (TPSA) is 105 Å². The third-order valence-corrected chi connectivity index (χ3v) is 9.81. The Morgan fingerprint density at radius 3 is 2.53 bits per heavy atom. The molecule has 13 heteroatoms. The van der Waals surface area contributed by atoms with Crippen LogP contribution >= 0.6 is 0 Å². The second-order valence-electron chi connectivity index (χ2n) is 15.4. The lowest BCUT2D eigenvalue weighted by Gasteiger charge is -2.47. The number of hydrogen-bond donors (Lipinski definition) is 0. The van der Waals surface area contributed by atoms with Gasteiger partial charge in [0.15, 0.2) is 5.65 Å². The molecule has 5 heterocycles. The number of anilines is 1. The van der Waals surface area contributed by atoms with Gasteiger partial charge in [-0.25, -0.2) is 23.1 Å². The van der Waals surface area contributed by atoms with Gasteiger partial charge in [-0.3, -0.25) is 14.6 Å². The van der Waals surface area contributed by atoms with Crippen molar-refractivity contribution in [2.45, 2.75) is 84.0 Å². The third kappa shape index (κ3) is 7.11. The van der Waals surface area contributed by atoms with Gasteiger partial charge >= 0.3 is 11.8 Å². The third-order valence-electron chi connectivity index (χ3n) is 9.81. The molecule has 0 radical (unpaired) electrons. The predicted octanol–water partition coefficient (Wildman–Crippen LogP) is 3.42. The maximum atomic E-state index is 14.6. The van der Waals surface area contributed by atoms with Crippen LogP contribution in [0.2, 0.25) is 0 Å². The summed E-state index contributed by atoms with van der Waals surface area (Å²) in [5.41, 5.74) is 0.226. The number of aryl methyl sites for hydroxylation is 1. The quantitative estimate of drug-likeness (QED) is 0.390. The summed E-state index contributed by atoms with van der Waals surface area (Å²) < 4.78 is 51.1. The van der Waals surface area contributed by atoms with Gasteiger partial charge in [-0.05, 0) is 58.4 Å². The second-order valence-corrected chi connectivity index (χ2v) is 15.4. The Morgan fingerprint density at radius 1 is 1.12 bits per heavy atom. The van der Waals surface area contributed by atoms with Crippen LogP contribution in [0, 0.1) is 5.82 Å². The van der Waals surface area contributed by atoms with Crippen molar-refractivity contribution in [3.8, 4) is 0 Å². The summed E-state index contributed by atoms with van der Waals surface area (Å²) in [6.07, 6.45) is -0.164. The van der Waals surface area contributed by atoms with Crippen molar-refractivity contribution in [1.82, 2.24) is 28.9 Å². The van der Waals surface area contributed by atoms with E-state index in [1.807, 2.05) is 47.6 Å². The van der Waals surface area contributed by atoms with E-state index in [9.17, 15) is 18.8 Å². The lowest BCUT2D eigenvalue weighted by molar-refractivity contribution is -0.121. The van der Waals surface area contributed by atoms with Gasteiger partial charge in [0.1, 0.15) is 11.4 Å². The maximum Gasteiger partial charge on any atom is 0.410 e. The molecule has 2 saturated heterocycles. The number of halogens is 1. The molecule has 3 aliphatic heterocycles. The summed E-state index contributed by atoms with van der Waals surface area (Å²) in [4.78, 5) is 49.6. The predicted molar refractivity (Wildman–Crippen MR) is 185 cm³/mol. The number of piperazine rings is 1. The molecule has 12 nitrogen and oxygen atoms in total. The maximum absolute atomic E-state index is 14.6. The van der Waals surface area contributed by atoms with Crippen LogP contribution in [0.1, 0.15) is 69.4 Å². The van der Waals surface area contributed by atoms with Crippen LogP contribution in [-0.4, -0.2) is 117 Å². The molecule has 266 valence electrons. The molecule has 2 aromatic heterocycles. The van der Waals surface area contributed by atoms with Gasteiger partial charge in [-0.15, -0.1) is 5.10 Å². The van der Waals surface area contributed by atoms with Crippen LogP contribution in [0.15, 0.2) is 35.1 Å². The first-order valence-corrected chi connectivity index (χ1v) is 17.0. The molecular weight excluding hydrogens is 629 g/mol. The number of amides is 2. The smallest absolute Gasteiger partial charge is 0.410 e. The van der Waals surface area contributed by atoms with Gasteiger partial charge in [-0.2, -0.15) is 0 Å². The van der Waals surface area contributed by atoms with E-state index in [1.54, 1.807) is 21.9 Å². The minimum Gasteiger partial charge on any atom is -0.444 e. The van der Waals surface area contributed by atoms with Crippen LogP contribution in [-0.2, 0) is 33.1 Å². The average Bonchev–Trinajstić information content (AvgIpc) is 3.52. The molecule has 3 atom stereocenters. The SMILES string of the molecule is [2H]C([2H])([2H])n1nc2c(Cc3ccc(F)cc3)cc3c(n2c1=O)C(C)(C)CN3C(=O)CN1C[C@@H](C)N(C(=O)OC(C)(C)C)C[C@@H]1CN1CCOC[C@H]1C. The van der Waals surface area contributed by atoms with Gasteiger partial charge in [0, 0.05) is 79.3 Å². The number of fused-ring (bicyclic) bond motifs is 3. The van der Waals surface area contributed by atoms with Crippen LogP contribution < -0.4 is 10.6 Å². The zero-order chi connectivity index (χ0) is 37.9. The summed E-state index contributed by atoms with van der Waals surface area (Å²) in [5, 5.41) is 4.29. The van der Waals surface area contributed by atoms with E-state index in [2.05, 4.69) is 21.8 Å². The van der Waals surface area contributed by atoms with Gasteiger partial charge < -0.3 is 19.3 Å². The second kappa shape index (κ2) is 13.1. The van der Waals surface area contributed by atoms with Crippen LogP contribution in [0.4, 0.5) is 14.9 Å². The van der Waals surface area contributed by atoms with Gasteiger partial charge in [-0.1, -0.05) is 26.0 Å². The van der Waals surface area contributed by atoms with Crippen LogP contribution in [0.3, 0.4) is 0 Å². The molecule has 1 aromatic carbocycles. The van der Waals surface area contributed by atoms with Crippen molar-refractivity contribution in [2.75, 3.05) is 57.4 Å². The molecule has 0 unspecified atom stereocenters. The number of carbonyl (C=O) groups is 2. The van der Waals surface area contributed by atoms with Crippen molar-refractivity contribution in [3.05, 3.63) is 63.5 Å². The van der Waals surface area contributed by atoms with Gasteiger partial charge in [0.2, 0.25) is 5.91 Å². The molecule has 3 aromatic rings. The number of benzene rings is 1. The molecule has 2 fully saturated rings. The van der Waals surface area contributed by atoms with Crippen LogP contribution in [0.5, 0.6) is 0 Å². The molecular formula is C36H50FN7O5. The lowest BCUT2D eigenvalue weighted by Crippen LogP contribution is -2.64. The number of hydrogen-bond acceptors (Lipinski definition) is 8. The summed E-state index contributed by atoms with van der Waals surface area (Å²) in [5.74, 6) is -0.583. The normalized spacial score (nSPS) is 24.4. The molecule has 0 saturated carbocycles. The van der Waals surface area contributed by atoms with E-state index in [0.29, 0.717) is 54.5 Å². The highest BCUT2D eigenvalue weighted by Crippen LogP contribution is 2.42. The zero-order valence-corrected chi connectivity index (χ0v) is 29.5. The molecule has 0 spiro atoms. The van der Waals surface area contributed by atoms with E-state index < -0.39 is 29.5 Å². The average molecular weight is 683 g/mol. The fourth-order valence-electron chi connectivity index (χ4n) is 7.39. The summed E-state index contributed by atoms with van der Waals surface area (Å²) in [6.45, 7) is 14.3. The largest absolute Gasteiger partial charge is 0.444 e. The Bertz CT molecular complexity index is 1890. The van der Waals surface area contributed by atoms with E-state index in [4.69, 9.17) is 13.6 Å². The first-order valence-electron chi connectivity index (χ1n) is 18.5. The minimum atomic E-state index is -2.83. The van der Waals surface area contributed by atoms with E-state index in [0.717, 1.165) is 12.1 Å². The first-order chi connectivity index (χ1) is 24.2. The molecule has 49 heavy (non-hydrogen) atoms. The summed E-state index contributed by atoms with van der Waals surface area (Å²) in [7, 11) is 0. The Labute approximate surface area is 291 Å². The number of rotatable bonds is 6. The number of morpholine rings is 1. The van der Waals surface area contributed by atoms with Gasteiger partial charge in [0.05, 0.1) is 31.1 Å². The highest BCUT2D eigenvalue weighted by Gasteiger charge is 2.44.